The Bertz CT molecular complexity index is 249. The lowest BCUT2D eigenvalue weighted by Crippen LogP contribution is -2.41. The molecule has 0 aromatic carbocycles. The van der Waals surface area contributed by atoms with Crippen molar-refractivity contribution >= 4 is 11.7 Å². The Kier molecular flexibility index (Phi) is 4.36. The molecule has 1 fully saturated rings. The van der Waals surface area contributed by atoms with Gasteiger partial charge in [-0.05, 0) is 19.8 Å². The summed E-state index contributed by atoms with van der Waals surface area (Å²) < 4.78 is 5.22. The summed E-state index contributed by atoms with van der Waals surface area (Å²) in [5.41, 5.74) is 5.32. The molecule has 1 aliphatic rings. The van der Waals surface area contributed by atoms with E-state index >= 15 is 0 Å². The van der Waals surface area contributed by atoms with Crippen LogP contribution in [0.3, 0.4) is 0 Å². The van der Waals surface area contributed by atoms with Crippen molar-refractivity contribution in [3.63, 3.8) is 0 Å². The van der Waals surface area contributed by atoms with Crippen LogP contribution in [-0.2, 0) is 9.53 Å². The minimum Gasteiger partial charge on any atom is -0.409 e. The summed E-state index contributed by atoms with van der Waals surface area (Å²) >= 11 is 0. The Labute approximate surface area is 88.5 Å². The van der Waals surface area contributed by atoms with Crippen LogP contribution in [0.4, 0.5) is 0 Å². The predicted molar refractivity (Wildman–Crippen MR) is 54.6 cm³/mol. The lowest BCUT2D eigenvalue weighted by Gasteiger charge is -2.15. The zero-order chi connectivity index (χ0) is 11.3. The van der Waals surface area contributed by atoms with Crippen molar-refractivity contribution in [1.29, 1.82) is 0 Å². The van der Waals surface area contributed by atoms with E-state index < -0.39 is 0 Å². The molecule has 1 aliphatic heterocycles. The maximum Gasteiger partial charge on any atom is 0.249 e. The molecule has 6 nitrogen and oxygen atoms in total. The van der Waals surface area contributed by atoms with Gasteiger partial charge in [0.25, 0.3) is 0 Å². The Morgan fingerprint density at radius 3 is 3.07 bits per heavy atom. The second-order valence-electron chi connectivity index (χ2n) is 3.71. The van der Waals surface area contributed by atoms with E-state index in [2.05, 4.69) is 10.5 Å². The molecule has 6 heteroatoms. The summed E-state index contributed by atoms with van der Waals surface area (Å²) in [6.07, 6.45) is 1.68. The molecular formula is C9H17N3O3. The molecule has 0 spiro atoms. The van der Waals surface area contributed by atoms with Gasteiger partial charge < -0.3 is 21.0 Å². The number of hydrogen-bond donors (Lipinski definition) is 3. The lowest BCUT2D eigenvalue weighted by molar-refractivity contribution is -0.130. The molecule has 4 N–H and O–H groups in total. The third kappa shape index (κ3) is 3.75. The minimum atomic E-state index is -0.334. The van der Waals surface area contributed by atoms with Gasteiger partial charge in [-0.2, -0.15) is 0 Å². The summed E-state index contributed by atoms with van der Waals surface area (Å²) in [6, 6.07) is -0.155. The van der Waals surface area contributed by atoms with Gasteiger partial charge >= 0.3 is 0 Å². The average molecular weight is 215 g/mol. The van der Waals surface area contributed by atoms with Crippen molar-refractivity contribution in [3.8, 4) is 0 Å². The van der Waals surface area contributed by atoms with E-state index in [-0.39, 0.29) is 23.9 Å². The van der Waals surface area contributed by atoms with E-state index in [1.165, 1.54) is 0 Å². The summed E-state index contributed by atoms with van der Waals surface area (Å²) in [5, 5.41) is 14.0. The van der Waals surface area contributed by atoms with Gasteiger partial charge in [0.05, 0.1) is 0 Å². The number of nitrogens with two attached hydrogens (primary N) is 1. The fraction of sp³-hybridized carbons (Fsp3) is 0.778. The third-order valence-electron chi connectivity index (χ3n) is 2.25. The maximum absolute atomic E-state index is 11.5. The molecule has 2 atom stereocenters. The molecule has 86 valence electrons. The fourth-order valence-electron chi connectivity index (χ4n) is 1.53. The number of ether oxygens (including phenoxy) is 1. The molecule has 0 saturated carbocycles. The van der Waals surface area contributed by atoms with Crippen molar-refractivity contribution in [2.75, 3.05) is 6.61 Å². The van der Waals surface area contributed by atoms with E-state index in [0.717, 1.165) is 12.8 Å². The Morgan fingerprint density at radius 1 is 1.80 bits per heavy atom. The first-order chi connectivity index (χ1) is 7.13. The highest BCUT2D eigenvalue weighted by Crippen LogP contribution is 2.12. The number of hydrogen-bond acceptors (Lipinski definition) is 4. The van der Waals surface area contributed by atoms with E-state index in [9.17, 15) is 4.79 Å². The average Bonchev–Trinajstić information content (AvgIpc) is 2.70. The van der Waals surface area contributed by atoms with Crippen LogP contribution in [0.5, 0.6) is 0 Å². The lowest BCUT2D eigenvalue weighted by atomic mass is 10.2. The largest absolute Gasteiger partial charge is 0.409 e. The van der Waals surface area contributed by atoms with Crippen LogP contribution in [0.15, 0.2) is 5.16 Å². The maximum atomic E-state index is 11.5. The number of oxime groups is 1. The Morgan fingerprint density at radius 2 is 2.53 bits per heavy atom. The van der Waals surface area contributed by atoms with E-state index in [1.807, 2.05) is 0 Å². The first-order valence-electron chi connectivity index (χ1n) is 5.02. The molecule has 0 aliphatic carbocycles. The Hall–Kier alpha value is -1.30. The van der Waals surface area contributed by atoms with Crippen LogP contribution in [-0.4, -0.2) is 35.7 Å². The number of nitrogens with zero attached hydrogens (tertiary/aromatic N) is 1. The molecule has 1 heterocycles. The van der Waals surface area contributed by atoms with Crippen LogP contribution in [0.1, 0.15) is 26.2 Å². The first-order valence-corrected chi connectivity index (χ1v) is 5.02. The number of rotatable bonds is 4. The van der Waals surface area contributed by atoms with Crippen LogP contribution in [0.2, 0.25) is 0 Å². The van der Waals surface area contributed by atoms with Crippen molar-refractivity contribution in [2.24, 2.45) is 10.9 Å². The van der Waals surface area contributed by atoms with Crippen molar-refractivity contribution in [3.05, 3.63) is 0 Å². The van der Waals surface area contributed by atoms with E-state index in [1.54, 1.807) is 6.92 Å². The Balaban J connectivity index is 2.30. The number of amidine groups is 1. The second-order valence-corrected chi connectivity index (χ2v) is 3.71. The highest BCUT2D eigenvalue weighted by Gasteiger charge is 2.24. The normalized spacial score (nSPS) is 23.8. The summed E-state index contributed by atoms with van der Waals surface area (Å²) in [5.74, 6) is -0.0131. The van der Waals surface area contributed by atoms with E-state index in [0.29, 0.717) is 13.0 Å². The molecule has 1 rings (SSSR count). The topological polar surface area (TPSA) is 96.9 Å². The van der Waals surface area contributed by atoms with Gasteiger partial charge in [-0.15, -0.1) is 0 Å². The van der Waals surface area contributed by atoms with Gasteiger partial charge in [0.15, 0.2) is 0 Å². The third-order valence-corrected chi connectivity index (χ3v) is 2.25. The van der Waals surface area contributed by atoms with Crippen LogP contribution in [0, 0.1) is 0 Å². The molecule has 0 bridgehead atoms. The fourth-order valence-corrected chi connectivity index (χ4v) is 1.53. The molecule has 0 aromatic heterocycles. The highest BCUT2D eigenvalue weighted by atomic mass is 16.5. The number of carbonyl (C=O) groups excluding carboxylic acids is 1. The number of amides is 1. The van der Waals surface area contributed by atoms with E-state index in [4.69, 9.17) is 15.7 Å². The van der Waals surface area contributed by atoms with Crippen molar-refractivity contribution < 1.29 is 14.7 Å². The van der Waals surface area contributed by atoms with Gasteiger partial charge in [0.1, 0.15) is 11.9 Å². The zero-order valence-electron chi connectivity index (χ0n) is 8.77. The van der Waals surface area contributed by atoms with Crippen LogP contribution in [0.25, 0.3) is 0 Å². The van der Waals surface area contributed by atoms with Crippen LogP contribution >= 0.6 is 0 Å². The van der Waals surface area contributed by atoms with Crippen LogP contribution < -0.4 is 11.1 Å². The SMILES string of the molecule is CC(CC(N)=NO)NC(=O)C1CCCO1. The molecule has 0 aromatic rings. The van der Waals surface area contributed by atoms with Gasteiger partial charge in [0.2, 0.25) is 5.91 Å². The number of carbonyl (C=O) groups is 1. The number of nitrogens with one attached hydrogen (secondary N) is 1. The first kappa shape index (κ1) is 11.8. The highest BCUT2D eigenvalue weighted by molar-refractivity contribution is 5.83. The summed E-state index contributed by atoms with van der Waals surface area (Å²) in [4.78, 5) is 11.5. The van der Waals surface area contributed by atoms with Gasteiger partial charge in [0, 0.05) is 19.1 Å². The summed E-state index contributed by atoms with van der Waals surface area (Å²) in [6.45, 7) is 2.44. The summed E-state index contributed by atoms with van der Waals surface area (Å²) in [7, 11) is 0. The smallest absolute Gasteiger partial charge is 0.249 e. The van der Waals surface area contributed by atoms with Crippen molar-refractivity contribution in [1.82, 2.24) is 5.32 Å². The minimum absolute atomic E-state index is 0.107. The quantitative estimate of drug-likeness (QED) is 0.262. The van der Waals surface area contributed by atoms with Gasteiger partial charge in [-0.1, -0.05) is 5.16 Å². The molecule has 1 amide bonds. The molecular weight excluding hydrogens is 198 g/mol. The van der Waals surface area contributed by atoms with Gasteiger partial charge in [-0.25, -0.2) is 0 Å². The second kappa shape index (κ2) is 5.55. The van der Waals surface area contributed by atoms with Gasteiger partial charge in [-0.3, -0.25) is 4.79 Å². The zero-order valence-corrected chi connectivity index (χ0v) is 8.77. The molecule has 15 heavy (non-hydrogen) atoms. The standard InChI is InChI=1S/C9H17N3O3/c1-6(5-8(10)12-14)11-9(13)7-3-2-4-15-7/h6-7,14H,2-5H2,1H3,(H2,10,12)(H,11,13). The monoisotopic (exact) mass is 215 g/mol. The molecule has 2 unspecified atom stereocenters. The molecule has 0 radical (unpaired) electrons. The molecule has 1 saturated heterocycles. The predicted octanol–water partition coefficient (Wildman–Crippen LogP) is -0.193. The van der Waals surface area contributed by atoms with Crippen molar-refractivity contribution in [2.45, 2.75) is 38.3 Å².